The summed E-state index contributed by atoms with van der Waals surface area (Å²) in [5.41, 5.74) is 9.57. The number of hydrogen-bond acceptors (Lipinski definition) is 4. The summed E-state index contributed by atoms with van der Waals surface area (Å²) in [4.78, 5) is 18.7. The predicted octanol–water partition coefficient (Wildman–Crippen LogP) is 5.56. The number of nitrogens with zero attached hydrogens (tertiary/aromatic N) is 1. The second-order valence-electron chi connectivity index (χ2n) is 6.72. The lowest BCUT2D eigenvalue weighted by molar-refractivity contribution is 0.103. The van der Waals surface area contributed by atoms with Gasteiger partial charge in [-0.1, -0.05) is 30.1 Å². The van der Waals surface area contributed by atoms with Crippen molar-refractivity contribution in [2.45, 2.75) is 26.2 Å². The van der Waals surface area contributed by atoms with Gasteiger partial charge in [-0.3, -0.25) is 4.79 Å². The van der Waals surface area contributed by atoms with Gasteiger partial charge in [0.25, 0.3) is 5.91 Å². The van der Waals surface area contributed by atoms with Gasteiger partial charge in [-0.25, -0.2) is 4.98 Å². The monoisotopic (exact) mass is 405 g/mol. The standard InChI is InChI=1S/C19H17Cl2N3OS/c1-9-2-5-14-10(6-9)7-12-16(22)17(26-19(12)24-14)18(25)23-15-8-11(20)3-4-13(15)21/h3-4,7-9H,2,5-6,22H2,1H3,(H,23,25). The summed E-state index contributed by atoms with van der Waals surface area (Å²) in [6.45, 7) is 2.25. The van der Waals surface area contributed by atoms with Crippen molar-refractivity contribution in [2.75, 3.05) is 11.1 Å². The molecule has 4 rings (SSSR count). The number of aromatic nitrogens is 1. The van der Waals surface area contributed by atoms with Crippen LogP contribution in [0.3, 0.4) is 0 Å². The number of benzene rings is 1. The molecule has 0 radical (unpaired) electrons. The van der Waals surface area contributed by atoms with Crippen molar-refractivity contribution in [3.05, 3.63) is 50.4 Å². The van der Waals surface area contributed by atoms with Crippen LogP contribution in [0, 0.1) is 5.92 Å². The Morgan fingerprint density at radius 3 is 2.96 bits per heavy atom. The minimum Gasteiger partial charge on any atom is -0.397 e. The summed E-state index contributed by atoms with van der Waals surface area (Å²) in [5.74, 6) is 0.343. The van der Waals surface area contributed by atoms with Crippen LogP contribution in [-0.4, -0.2) is 10.9 Å². The quantitative estimate of drug-likeness (QED) is 0.585. The molecule has 4 nitrogen and oxygen atoms in total. The maximum atomic E-state index is 12.7. The Balaban J connectivity index is 1.71. The number of nitrogens with two attached hydrogens (primary N) is 1. The molecule has 26 heavy (non-hydrogen) atoms. The van der Waals surface area contributed by atoms with Gasteiger partial charge in [-0.15, -0.1) is 11.3 Å². The molecule has 3 N–H and O–H groups in total. The molecule has 0 saturated heterocycles. The Morgan fingerprint density at radius 1 is 1.35 bits per heavy atom. The maximum absolute atomic E-state index is 12.7. The summed E-state index contributed by atoms with van der Waals surface area (Å²) in [6, 6.07) is 7.03. The molecule has 2 heterocycles. The van der Waals surface area contributed by atoms with Gasteiger partial charge in [-0.05, 0) is 55.0 Å². The smallest absolute Gasteiger partial charge is 0.267 e. The summed E-state index contributed by atoms with van der Waals surface area (Å²) in [7, 11) is 0. The van der Waals surface area contributed by atoms with Crippen LogP contribution in [0.1, 0.15) is 34.3 Å². The molecule has 3 aromatic rings. The summed E-state index contributed by atoms with van der Waals surface area (Å²) in [5, 5.41) is 4.56. The first kappa shape index (κ1) is 17.6. The molecule has 1 atom stereocenters. The average Bonchev–Trinajstić information content (AvgIpc) is 2.92. The first-order valence-corrected chi connectivity index (χ1v) is 9.96. The van der Waals surface area contributed by atoms with E-state index < -0.39 is 0 Å². The van der Waals surface area contributed by atoms with E-state index in [2.05, 4.69) is 18.3 Å². The van der Waals surface area contributed by atoms with E-state index in [-0.39, 0.29) is 5.91 Å². The number of anilines is 2. The van der Waals surface area contributed by atoms with E-state index in [4.69, 9.17) is 33.9 Å². The number of hydrogen-bond donors (Lipinski definition) is 2. The molecular weight excluding hydrogens is 389 g/mol. The zero-order valence-corrected chi connectivity index (χ0v) is 16.4. The number of carbonyl (C=O) groups excluding carboxylic acids is 1. The minimum atomic E-state index is -0.305. The number of nitrogens with one attached hydrogen (secondary N) is 1. The highest BCUT2D eigenvalue weighted by Gasteiger charge is 2.22. The number of aryl methyl sites for hydroxylation is 1. The van der Waals surface area contributed by atoms with Gasteiger partial charge in [0.05, 0.1) is 16.4 Å². The van der Waals surface area contributed by atoms with E-state index >= 15 is 0 Å². The number of rotatable bonds is 2. The van der Waals surface area contributed by atoms with E-state index in [0.717, 1.165) is 35.2 Å². The lowest BCUT2D eigenvalue weighted by Crippen LogP contribution is -2.13. The summed E-state index contributed by atoms with van der Waals surface area (Å²) < 4.78 is 0. The van der Waals surface area contributed by atoms with E-state index in [0.29, 0.717) is 32.2 Å². The lowest BCUT2D eigenvalue weighted by atomic mass is 9.87. The fraction of sp³-hybridized carbons (Fsp3) is 0.263. The Morgan fingerprint density at radius 2 is 2.15 bits per heavy atom. The minimum absolute atomic E-state index is 0.305. The molecule has 7 heteroatoms. The third-order valence-electron chi connectivity index (χ3n) is 4.71. The molecule has 0 aliphatic heterocycles. The van der Waals surface area contributed by atoms with Crippen LogP contribution in [-0.2, 0) is 12.8 Å². The molecule has 1 unspecified atom stereocenters. The van der Waals surface area contributed by atoms with E-state index in [1.54, 1.807) is 18.2 Å². The van der Waals surface area contributed by atoms with Gasteiger partial charge < -0.3 is 11.1 Å². The number of nitrogen functional groups attached to an aromatic ring is 1. The van der Waals surface area contributed by atoms with Crippen LogP contribution in [0.2, 0.25) is 10.0 Å². The average molecular weight is 406 g/mol. The number of carbonyl (C=O) groups is 1. The Kier molecular flexibility index (Phi) is 4.55. The van der Waals surface area contributed by atoms with Gasteiger partial charge in [0.15, 0.2) is 0 Å². The Hall–Kier alpha value is -1.82. The number of pyridine rings is 1. The predicted molar refractivity (Wildman–Crippen MR) is 110 cm³/mol. The van der Waals surface area contributed by atoms with Crippen LogP contribution in [0.5, 0.6) is 0 Å². The zero-order chi connectivity index (χ0) is 18.4. The van der Waals surface area contributed by atoms with Crippen LogP contribution in [0.25, 0.3) is 10.2 Å². The molecule has 134 valence electrons. The largest absolute Gasteiger partial charge is 0.397 e. The molecule has 1 aliphatic rings. The van der Waals surface area contributed by atoms with E-state index in [9.17, 15) is 4.79 Å². The fourth-order valence-corrected chi connectivity index (χ4v) is 4.64. The van der Waals surface area contributed by atoms with Gasteiger partial charge in [0.2, 0.25) is 0 Å². The summed E-state index contributed by atoms with van der Waals surface area (Å²) >= 11 is 13.4. The number of thiophene rings is 1. The van der Waals surface area contributed by atoms with Crippen LogP contribution < -0.4 is 11.1 Å². The van der Waals surface area contributed by atoms with Crippen molar-refractivity contribution in [1.29, 1.82) is 0 Å². The third-order valence-corrected chi connectivity index (χ3v) is 6.39. The molecule has 1 amide bonds. The number of halogens is 2. The van der Waals surface area contributed by atoms with Crippen molar-refractivity contribution >= 4 is 62.0 Å². The second-order valence-corrected chi connectivity index (χ2v) is 8.56. The van der Waals surface area contributed by atoms with Gasteiger partial charge >= 0.3 is 0 Å². The second kappa shape index (κ2) is 6.72. The molecule has 0 fully saturated rings. The van der Waals surface area contributed by atoms with E-state index in [1.165, 1.54) is 16.9 Å². The highest BCUT2D eigenvalue weighted by molar-refractivity contribution is 7.21. The zero-order valence-electron chi connectivity index (χ0n) is 14.1. The van der Waals surface area contributed by atoms with Crippen molar-refractivity contribution < 1.29 is 4.79 Å². The SMILES string of the molecule is CC1CCc2nc3sc(C(=O)Nc4cc(Cl)ccc4Cl)c(N)c3cc2C1. The van der Waals surface area contributed by atoms with Gasteiger partial charge in [0, 0.05) is 16.1 Å². The van der Waals surface area contributed by atoms with Crippen molar-refractivity contribution in [3.63, 3.8) is 0 Å². The number of fused-ring (bicyclic) bond motifs is 2. The van der Waals surface area contributed by atoms with Crippen molar-refractivity contribution in [1.82, 2.24) is 4.98 Å². The highest BCUT2D eigenvalue weighted by atomic mass is 35.5. The molecule has 2 aromatic heterocycles. The number of amides is 1. The topological polar surface area (TPSA) is 68.0 Å². The van der Waals surface area contributed by atoms with Crippen LogP contribution in [0.4, 0.5) is 11.4 Å². The first-order chi connectivity index (χ1) is 12.4. The van der Waals surface area contributed by atoms with Gasteiger partial charge in [0.1, 0.15) is 9.71 Å². The molecule has 1 aromatic carbocycles. The van der Waals surface area contributed by atoms with Crippen molar-refractivity contribution in [2.24, 2.45) is 5.92 Å². The first-order valence-electron chi connectivity index (χ1n) is 8.39. The van der Waals surface area contributed by atoms with Crippen molar-refractivity contribution in [3.8, 4) is 0 Å². The molecule has 0 saturated carbocycles. The highest BCUT2D eigenvalue weighted by Crippen LogP contribution is 2.37. The fourth-order valence-electron chi connectivity index (χ4n) is 3.31. The summed E-state index contributed by atoms with van der Waals surface area (Å²) in [6.07, 6.45) is 3.13. The van der Waals surface area contributed by atoms with Crippen LogP contribution >= 0.6 is 34.5 Å². The molecular formula is C19H17Cl2N3OS. The molecule has 0 bridgehead atoms. The third kappa shape index (κ3) is 3.15. The molecule has 1 aliphatic carbocycles. The Bertz CT molecular complexity index is 1030. The van der Waals surface area contributed by atoms with E-state index in [1.807, 2.05) is 0 Å². The maximum Gasteiger partial charge on any atom is 0.267 e. The lowest BCUT2D eigenvalue weighted by Gasteiger charge is -2.20. The van der Waals surface area contributed by atoms with Crippen LogP contribution in [0.15, 0.2) is 24.3 Å². The van der Waals surface area contributed by atoms with Gasteiger partial charge in [-0.2, -0.15) is 0 Å². The molecule has 0 spiro atoms. The normalized spacial score (nSPS) is 16.5. The Labute approximate surface area is 165 Å².